The van der Waals surface area contributed by atoms with E-state index in [1.54, 1.807) is 0 Å². The predicted molar refractivity (Wildman–Crippen MR) is 264 cm³/mol. The van der Waals surface area contributed by atoms with Crippen LogP contribution in [0.25, 0.3) is 11.1 Å². The van der Waals surface area contributed by atoms with Crippen molar-refractivity contribution in [2.45, 2.75) is 210 Å². The van der Waals surface area contributed by atoms with E-state index in [1.807, 2.05) is 21.1 Å². The quantitative estimate of drug-likeness (QED) is 0.194. The van der Waals surface area contributed by atoms with Gasteiger partial charge in [-0.15, -0.1) is 0 Å². The Morgan fingerprint density at radius 1 is 0.652 bits per heavy atom. The van der Waals surface area contributed by atoms with Gasteiger partial charge in [-0.1, -0.05) is 48.5 Å². The molecule has 10 fully saturated rings. The highest BCUT2D eigenvalue weighted by Gasteiger charge is 2.86. The smallest absolute Gasteiger partial charge is 0.166 e. The minimum atomic E-state index is -1.10. The maximum absolute atomic E-state index is 13.2. The third-order valence-corrected chi connectivity index (χ3v) is 25.0. The molecule has 16 rings (SSSR count). The molecule has 0 amide bonds. The van der Waals surface area contributed by atoms with Gasteiger partial charge in [0.25, 0.3) is 0 Å². The van der Waals surface area contributed by atoms with Crippen molar-refractivity contribution >= 4 is 0 Å². The number of nitrogens with zero attached hydrogens (tertiary/aromatic N) is 2. The number of phenolic OH excluding ortho intramolecular Hbond substituents is 2. The van der Waals surface area contributed by atoms with E-state index in [1.165, 1.54) is 47.9 Å². The summed E-state index contributed by atoms with van der Waals surface area (Å²) in [6.07, 6.45) is 13.2. The maximum atomic E-state index is 13.2. The lowest BCUT2D eigenvalue weighted by molar-refractivity contribution is -0.350. The maximum Gasteiger partial charge on any atom is 0.166 e. The number of piperidine rings is 2. The summed E-state index contributed by atoms with van der Waals surface area (Å²) in [7, 11) is 3.68. The number of aliphatic hydroxyl groups is 2. The van der Waals surface area contributed by atoms with Crippen molar-refractivity contribution in [2.75, 3.05) is 40.4 Å². The second-order valence-corrected chi connectivity index (χ2v) is 28.6. The van der Waals surface area contributed by atoms with Crippen LogP contribution in [0.5, 0.6) is 23.0 Å². The number of aromatic hydroxyl groups is 2. The van der Waals surface area contributed by atoms with Crippen LogP contribution in [0.2, 0.25) is 0 Å². The molecule has 2 saturated heterocycles. The minimum Gasteiger partial charge on any atom is -0.504 e. The Bertz CT molecular complexity index is 2610. The van der Waals surface area contributed by atoms with Crippen LogP contribution in [0.15, 0.2) is 12.1 Å². The van der Waals surface area contributed by atoms with Gasteiger partial charge in [0, 0.05) is 94.6 Å². The molecule has 4 heterocycles. The number of methoxy groups -OCH3 is 2. The van der Waals surface area contributed by atoms with Gasteiger partial charge in [0.1, 0.15) is 23.4 Å². The van der Waals surface area contributed by atoms with Crippen LogP contribution in [0.4, 0.5) is 0 Å². The fourth-order valence-electron chi connectivity index (χ4n) is 20.4. The van der Waals surface area contributed by atoms with Crippen LogP contribution in [-0.2, 0) is 33.1 Å². The third kappa shape index (κ3) is 4.70. The van der Waals surface area contributed by atoms with Crippen LogP contribution >= 0.6 is 0 Å². The van der Waals surface area contributed by atoms with E-state index in [0.29, 0.717) is 22.6 Å². The molecule has 4 aliphatic heterocycles. The SMILES string of the molecule is CO[C@]12CC[C@@]3(C[C@@H]1[C@](C)(O)C(C)(C)C)[C@H]1Cc4cc(-c5cc6c7c(c5O)O[C@H]5[C@@]8(OC)CC[C@@]9(C[C@]8(C)[C@](C)(O)C(C)(C)C)[C@@H](C6)N(CC6CC6)CC[C@]759)c(O)c5c4[C@@]3(CCN1CC1CC1)C2O5. The standard InChI is InChI=1S/C59H82N2O8/c1-49(2,3)52(8,64)38-28-54-16-18-58(38,66-10)47-56(54)20-22-60(29-32-12-13-32)39(54)26-34-24-36(43(62)45(68-47)41(34)56)37-25-35-27-40-55-17-19-59(67-11,51(7,31-55)53(9,65)50(4,5)6)48-57(55,42(35)46(69-48)44(37)63)21-23-61(40)30-33-14-15-33/h24-25,32-33,38-40,47-48,62-65H,12-23,26-31H2,1-11H3/t38-,39-,40-,47?,48-,51-,52+,53-,54-,55-,56+,57+,58-,59+/m1/s1. The van der Waals surface area contributed by atoms with Crippen LogP contribution in [0.3, 0.4) is 0 Å². The first kappa shape index (κ1) is 45.0. The average Bonchev–Trinajstić information content (AvgIpc) is 4.22. The summed E-state index contributed by atoms with van der Waals surface area (Å²) in [6.45, 7) is 23.6. The van der Waals surface area contributed by atoms with Gasteiger partial charge in [0.05, 0.1) is 11.2 Å². The molecule has 10 nitrogen and oxygen atoms in total. The molecule has 8 bridgehead atoms. The topological polar surface area (TPSA) is 124 Å². The number of hydrogen-bond acceptors (Lipinski definition) is 10. The Hall–Kier alpha value is -2.60. The molecule has 69 heavy (non-hydrogen) atoms. The zero-order valence-corrected chi connectivity index (χ0v) is 43.7. The zero-order chi connectivity index (χ0) is 48.4. The summed E-state index contributed by atoms with van der Waals surface area (Å²) in [4.78, 5) is 5.67. The number of hydrogen-bond donors (Lipinski definition) is 4. The highest BCUT2D eigenvalue weighted by atomic mass is 16.6. The number of ether oxygens (including phenoxy) is 4. The lowest BCUT2D eigenvalue weighted by Crippen LogP contribution is -2.86. The molecule has 14 aliphatic rings. The fourth-order valence-corrected chi connectivity index (χ4v) is 20.4. The van der Waals surface area contributed by atoms with Crippen LogP contribution in [0, 0.1) is 44.8 Å². The van der Waals surface area contributed by atoms with E-state index in [4.69, 9.17) is 18.9 Å². The Morgan fingerprint density at radius 3 is 1.65 bits per heavy atom. The molecule has 4 spiro atoms. The second-order valence-electron chi connectivity index (χ2n) is 28.6. The minimum absolute atomic E-state index is 0.0926. The van der Waals surface area contributed by atoms with Gasteiger partial charge < -0.3 is 39.4 Å². The Balaban J connectivity index is 0.963. The Labute approximate surface area is 411 Å². The number of benzene rings is 2. The van der Waals surface area contributed by atoms with Crippen molar-refractivity contribution in [3.8, 4) is 34.1 Å². The molecule has 4 N–H and O–H groups in total. The number of likely N-dealkylation sites (tertiary alicyclic amines) is 2. The van der Waals surface area contributed by atoms with Crippen LogP contribution < -0.4 is 9.47 Å². The molecule has 2 aromatic carbocycles. The monoisotopic (exact) mass is 947 g/mol. The molecule has 1 unspecified atom stereocenters. The van der Waals surface area contributed by atoms with Gasteiger partial charge in [-0.3, -0.25) is 9.80 Å². The van der Waals surface area contributed by atoms with Crippen molar-refractivity contribution in [3.05, 3.63) is 34.4 Å². The van der Waals surface area contributed by atoms with E-state index in [9.17, 15) is 20.4 Å². The van der Waals surface area contributed by atoms with E-state index in [-0.39, 0.29) is 51.8 Å². The summed E-state index contributed by atoms with van der Waals surface area (Å²) in [6, 6.07) is 4.98. The van der Waals surface area contributed by atoms with Crippen LogP contribution in [0.1, 0.15) is 162 Å². The van der Waals surface area contributed by atoms with Crippen molar-refractivity contribution in [3.63, 3.8) is 0 Å². The van der Waals surface area contributed by atoms with Crippen LogP contribution in [-0.4, -0.2) is 117 Å². The van der Waals surface area contributed by atoms with E-state index in [2.05, 4.69) is 77.3 Å². The summed E-state index contributed by atoms with van der Waals surface area (Å²) in [5, 5.41) is 52.3. The van der Waals surface area contributed by atoms with Crippen molar-refractivity contribution in [1.82, 2.24) is 9.80 Å². The molecule has 14 atom stereocenters. The number of fused-ring (bicyclic) bond motifs is 4. The van der Waals surface area contributed by atoms with E-state index >= 15 is 0 Å². The summed E-state index contributed by atoms with van der Waals surface area (Å²) in [5.74, 6) is 2.62. The number of phenols is 2. The molecular weight excluding hydrogens is 865 g/mol. The highest BCUT2D eigenvalue weighted by molar-refractivity contribution is 5.86. The predicted octanol–water partition coefficient (Wildman–Crippen LogP) is 9.20. The molecular formula is C59H82N2O8. The highest BCUT2D eigenvalue weighted by Crippen LogP contribution is 2.83. The molecule has 0 radical (unpaired) electrons. The Morgan fingerprint density at radius 2 is 1.16 bits per heavy atom. The lowest BCUT2D eigenvalue weighted by Gasteiger charge is -2.78. The van der Waals surface area contributed by atoms with Gasteiger partial charge in [-0.25, -0.2) is 0 Å². The molecule has 0 aromatic heterocycles. The first-order valence-electron chi connectivity index (χ1n) is 27.6. The molecule has 10 aliphatic carbocycles. The second kappa shape index (κ2) is 13.0. The lowest BCUT2D eigenvalue weighted by atomic mass is 9.29. The van der Waals surface area contributed by atoms with Crippen molar-refractivity contribution in [1.29, 1.82) is 0 Å². The summed E-state index contributed by atoms with van der Waals surface area (Å²) >= 11 is 0. The van der Waals surface area contributed by atoms with Gasteiger partial charge in [-0.2, -0.15) is 0 Å². The first-order valence-corrected chi connectivity index (χ1v) is 27.6. The van der Waals surface area contributed by atoms with Crippen molar-refractivity contribution in [2.24, 2.45) is 44.8 Å². The molecule has 10 heteroatoms. The largest absolute Gasteiger partial charge is 0.504 e. The molecule has 2 aromatic rings. The van der Waals surface area contributed by atoms with Gasteiger partial charge in [-0.05, 0) is 163 Å². The molecule has 8 saturated carbocycles. The summed E-state index contributed by atoms with van der Waals surface area (Å²) < 4.78 is 29.0. The van der Waals surface area contributed by atoms with E-state index < -0.39 is 50.2 Å². The number of rotatable bonds is 9. The average molecular weight is 947 g/mol. The zero-order valence-electron chi connectivity index (χ0n) is 43.7. The van der Waals surface area contributed by atoms with Gasteiger partial charge >= 0.3 is 0 Å². The van der Waals surface area contributed by atoms with Crippen molar-refractivity contribution < 1.29 is 39.4 Å². The molecule has 376 valence electrons. The Kier molecular flexibility index (Phi) is 8.49. The van der Waals surface area contributed by atoms with Gasteiger partial charge in [0.15, 0.2) is 23.0 Å². The van der Waals surface area contributed by atoms with E-state index in [0.717, 1.165) is 102 Å². The third-order valence-electron chi connectivity index (χ3n) is 25.0. The fraction of sp³-hybridized carbons (Fsp3) is 0.797. The summed E-state index contributed by atoms with van der Waals surface area (Å²) in [5.41, 5.74) is -0.322. The first-order chi connectivity index (χ1) is 32.4. The normalized spacial score (nSPS) is 44.8. The van der Waals surface area contributed by atoms with Gasteiger partial charge in [0.2, 0.25) is 0 Å².